The average Bonchev–Trinajstić information content (AvgIpc) is 3.25. The van der Waals surface area contributed by atoms with E-state index in [0.717, 1.165) is 51.0 Å². The van der Waals surface area contributed by atoms with Crippen LogP contribution in [0.25, 0.3) is 0 Å². The molecule has 1 N–H and O–H groups in total. The van der Waals surface area contributed by atoms with Crippen molar-refractivity contribution in [3.05, 3.63) is 24.3 Å². The number of para-hydroxylation sites is 2. The Morgan fingerprint density at radius 3 is 2.81 bits per heavy atom. The summed E-state index contributed by atoms with van der Waals surface area (Å²) in [6.07, 6.45) is 2.43. The molecule has 2 heterocycles. The normalized spacial score (nSPS) is 22.8. The molecule has 0 aromatic heterocycles. The summed E-state index contributed by atoms with van der Waals surface area (Å²) in [5.74, 6) is 2.65. The highest BCUT2D eigenvalue weighted by Gasteiger charge is 2.31. The second-order valence-corrected chi connectivity index (χ2v) is 8.30. The van der Waals surface area contributed by atoms with Gasteiger partial charge >= 0.3 is 0 Å². The molecule has 2 fully saturated rings. The van der Waals surface area contributed by atoms with E-state index in [1.54, 1.807) is 7.11 Å². The zero-order chi connectivity index (χ0) is 18.6. The van der Waals surface area contributed by atoms with Gasteiger partial charge in [-0.1, -0.05) is 26.0 Å². The Kier molecular flexibility index (Phi) is 5.94. The molecule has 26 heavy (non-hydrogen) atoms. The van der Waals surface area contributed by atoms with E-state index in [0.29, 0.717) is 11.3 Å². The summed E-state index contributed by atoms with van der Waals surface area (Å²) in [7, 11) is 1.75. The van der Waals surface area contributed by atoms with Crippen molar-refractivity contribution in [3.63, 3.8) is 0 Å². The fourth-order valence-corrected chi connectivity index (χ4v) is 4.03. The molecule has 0 spiro atoms. The minimum atomic E-state index is 0.393. The third-order valence-corrected chi connectivity index (χ3v) is 5.52. The topological polar surface area (TPSA) is 40.1 Å². The molecular formula is C21H34N4O. The summed E-state index contributed by atoms with van der Waals surface area (Å²) >= 11 is 0. The van der Waals surface area contributed by atoms with Gasteiger partial charge in [0.25, 0.3) is 0 Å². The van der Waals surface area contributed by atoms with Crippen molar-refractivity contribution in [2.75, 3.05) is 51.3 Å². The quantitative estimate of drug-likeness (QED) is 0.648. The summed E-state index contributed by atoms with van der Waals surface area (Å²) in [6, 6.07) is 8.31. The van der Waals surface area contributed by atoms with Crippen LogP contribution >= 0.6 is 0 Å². The third kappa shape index (κ3) is 4.43. The fraction of sp³-hybridized carbons (Fsp3) is 0.667. The third-order valence-electron chi connectivity index (χ3n) is 5.52. The summed E-state index contributed by atoms with van der Waals surface area (Å²) in [4.78, 5) is 9.85. The largest absolute Gasteiger partial charge is 0.495 e. The zero-order valence-electron chi connectivity index (χ0n) is 16.8. The molecule has 5 heteroatoms. The minimum absolute atomic E-state index is 0.393. The van der Waals surface area contributed by atoms with Gasteiger partial charge in [0, 0.05) is 39.3 Å². The number of anilines is 1. The van der Waals surface area contributed by atoms with Crippen LogP contribution in [0.5, 0.6) is 5.75 Å². The van der Waals surface area contributed by atoms with Gasteiger partial charge in [0.05, 0.1) is 12.8 Å². The minimum Gasteiger partial charge on any atom is -0.495 e. The molecule has 0 amide bonds. The molecular weight excluding hydrogens is 324 g/mol. The maximum atomic E-state index is 5.52. The highest BCUT2D eigenvalue weighted by atomic mass is 16.5. The van der Waals surface area contributed by atoms with Gasteiger partial charge in [-0.3, -0.25) is 4.99 Å². The van der Waals surface area contributed by atoms with Gasteiger partial charge in [-0.05, 0) is 43.2 Å². The first kappa shape index (κ1) is 18.9. The number of hydrogen-bond donors (Lipinski definition) is 1. The van der Waals surface area contributed by atoms with E-state index < -0.39 is 0 Å². The van der Waals surface area contributed by atoms with Crippen molar-refractivity contribution in [3.8, 4) is 5.75 Å². The van der Waals surface area contributed by atoms with Crippen LogP contribution < -0.4 is 15.0 Å². The second kappa shape index (κ2) is 8.19. The maximum Gasteiger partial charge on any atom is 0.193 e. The van der Waals surface area contributed by atoms with E-state index in [9.17, 15) is 0 Å². The van der Waals surface area contributed by atoms with Crippen LogP contribution in [0.15, 0.2) is 29.3 Å². The van der Waals surface area contributed by atoms with Crippen LogP contribution in [0, 0.1) is 11.3 Å². The lowest BCUT2D eigenvalue weighted by Crippen LogP contribution is -2.41. The average molecular weight is 359 g/mol. The molecule has 2 aliphatic heterocycles. The van der Waals surface area contributed by atoms with Crippen LogP contribution in [0.1, 0.15) is 33.6 Å². The highest BCUT2D eigenvalue weighted by Crippen LogP contribution is 2.32. The molecule has 1 unspecified atom stereocenters. The molecule has 144 valence electrons. The number of guanidine groups is 1. The van der Waals surface area contributed by atoms with Crippen LogP contribution in [-0.4, -0.2) is 57.2 Å². The molecule has 1 atom stereocenters. The fourth-order valence-electron chi connectivity index (χ4n) is 4.03. The number of rotatable bonds is 5. The van der Waals surface area contributed by atoms with Crippen molar-refractivity contribution in [1.29, 1.82) is 0 Å². The van der Waals surface area contributed by atoms with Crippen molar-refractivity contribution < 1.29 is 4.74 Å². The number of aliphatic imine (C=N–C) groups is 1. The predicted octanol–water partition coefficient (Wildman–Crippen LogP) is 3.22. The monoisotopic (exact) mass is 358 g/mol. The van der Waals surface area contributed by atoms with Crippen LogP contribution in [0.2, 0.25) is 0 Å². The molecule has 0 saturated carbocycles. The van der Waals surface area contributed by atoms with Gasteiger partial charge in [0.1, 0.15) is 5.75 Å². The number of nitrogens with one attached hydrogen (secondary N) is 1. The smallest absolute Gasteiger partial charge is 0.193 e. The first-order valence-electron chi connectivity index (χ1n) is 9.93. The Balaban J connectivity index is 1.61. The molecule has 1 aromatic carbocycles. The van der Waals surface area contributed by atoms with Crippen molar-refractivity contribution in [2.45, 2.75) is 33.6 Å². The van der Waals surface area contributed by atoms with Gasteiger partial charge in [0.15, 0.2) is 5.96 Å². The van der Waals surface area contributed by atoms with Crippen LogP contribution in [0.3, 0.4) is 0 Å². The van der Waals surface area contributed by atoms with Crippen molar-refractivity contribution in [1.82, 2.24) is 10.2 Å². The van der Waals surface area contributed by atoms with Gasteiger partial charge < -0.3 is 19.9 Å². The van der Waals surface area contributed by atoms with Gasteiger partial charge in [-0.2, -0.15) is 0 Å². The van der Waals surface area contributed by atoms with Gasteiger partial charge in [0.2, 0.25) is 0 Å². The van der Waals surface area contributed by atoms with E-state index in [1.807, 2.05) is 12.1 Å². The summed E-state index contributed by atoms with van der Waals surface area (Å²) < 4.78 is 5.52. The summed E-state index contributed by atoms with van der Waals surface area (Å²) in [6.45, 7) is 13.0. The first-order chi connectivity index (χ1) is 12.5. The molecule has 3 rings (SSSR count). The van der Waals surface area contributed by atoms with E-state index in [-0.39, 0.29) is 0 Å². The molecule has 0 radical (unpaired) electrons. The molecule has 0 bridgehead atoms. The number of likely N-dealkylation sites (tertiary alicyclic amines) is 1. The number of ether oxygens (including phenoxy) is 1. The lowest BCUT2D eigenvalue weighted by Gasteiger charge is -2.24. The van der Waals surface area contributed by atoms with E-state index in [1.165, 1.54) is 18.5 Å². The Bertz CT molecular complexity index is 628. The zero-order valence-corrected chi connectivity index (χ0v) is 16.8. The Hall–Kier alpha value is -1.91. The maximum absolute atomic E-state index is 5.52. The lowest BCUT2D eigenvalue weighted by molar-refractivity contribution is 0.369. The molecule has 0 aliphatic carbocycles. The molecule has 2 aliphatic rings. The summed E-state index contributed by atoms with van der Waals surface area (Å²) in [5, 5.41) is 3.49. The van der Waals surface area contributed by atoms with E-state index in [4.69, 9.17) is 9.73 Å². The van der Waals surface area contributed by atoms with E-state index in [2.05, 4.69) is 48.0 Å². The standard InChI is InChI=1S/C21H34N4O/c1-5-22-20(25-13-11-21(2,3)16-25)23-14-17-10-12-24(15-17)18-8-6-7-9-19(18)26-4/h6-9,17H,5,10-16H2,1-4H3,(H,22,23). The number of methoxy groups -OCH3 is 1. The number of hydrogen-bond acceptors (Lipinski definition) is 3. The Labute approximate surface area is 158 Å². The van der Waals surface area contributed by atoms with Gasteiger partial charge in [-0.15, -0.1) is 0 Å². The van der Waals surface area contributed by atoms with Crippen molar-refractivity contribution in [2.24, 2.45) is 16.3 Å². The second-order valence-electron chi connectivity index (χ2n) is 8.30. The first-order valence-corrected chi connectivity index (χ1v) is 9.93. The molecule has 1 aromatic rings. The predicted molar refractivity (Wildman–Crippen MR) is 109 cm³/mol. The van der Waals surface area contributed by atoms with Crippen LogP contribution in [0.4, 0.5) is 5.69 Å². The number of nitrogens with zero attached hydrogens (tertiary/aromatic N) is 3. The Morgan fingerprint density at radius 1 is 1.31 bits per heavy atom. The van der Waals surface area contributed by atoms with Gasteiger partial charge in [-0.25, -0.2) is 0 Å². The number of benzene rings is 1. The molecule has 5 nitrogen and oxygen atoms in total. The SMILES string of the molecule is CCNC(=NCC1CCN(c2ccccc2OC)C1)N1CCC(C)(C)C1. The molecule has 2 saturated heterocycles. The van der Waals surface area contributed by atoms with Crippen LogP contribution in [-0.2, 0) is 0 Å². The van der Waals surface area contributed by atoms with Crippen molar-refractivity contribution >= 4 is 11.6 Å². The Morgan fingerprint density at radius 2 is 2.12 bits per heavy atom. The lowest BCUT2D eigenvalue weighted by atomic mass is 9.93. The summed E-state index contributed by atoms with van der Waals surface area (Å²) in [5.41, 5.74) is 1.60. The van der Waals surface area contributed by atoms with E-state index >= 15 is 0 Å². The highest BCUT2D eigenvalue weighted by molar-refractivity contribution is 5.80.